The lowest BCUT2D eigenvalue weighted by Crippen LogP contribution is -2.12. The second-order valence-corrected chi connectivity index (χ2v) is 5.31. The average molecular weight is 285 g/mol. The van der Waals surface area contributed by atoms with Gasteiger partial charge in [0.25, 0.3) is 5.91 Å². The van der Waals surface area contributed by atoms with Crippen molar-refractivity contribution in [3.05, 3.63) is 51.2 Å². The molecule has 0 aliphatic heterocycles. The predicted octanol–water partition coefficient (Wildman–Crippen LogP) is 2.96. The zero-order chi connectivity index (χ0) is 14.5. The molecule has 2 N–H and O–H groups in total. The molecule has 1 heterocycles. The summed E-state index contributed by atoms with van der Waals surface area (Å²) in [5.41, 5.74) is 3.57. The SMILES string of the molecule is Cc1ccc(C)c(NC(=O)c2sccc2C#CCO)c1. The van der Waals surface area contributed by atoms with Crippen molar-refractivity contribution in [2.75, 3.05) is 11.9 Å². The van der Waals surface area contributed by atoms with Crippen LogP contribution >= 0.6 is 11.3 Å². The Labute approximate surface area is 122 Å². The molecule has 1 amide bonds. The van der Waals surface area contributed by atoms with Crippen LogP contribution in [0.15, 0.2) is 29.6 Å². The normalized spacial score (nSPS) is 9.75. The number of carbonyl (C=O) groups is 1. The Kier molecular flexibility index (Phi) is 4.57. The molecule has 20 heavy (non-hydrogen) atoms. The number of rotatable bonds is 2. The molecule has 3 nitrogen and oxygen atoms in total. The van der Waals surface area contributed by atoms with Crippen molar-refractivity contribution in [1.29, 1.82) is 0 Å². The van der Waals surface area contributed by atoms with Gasteiger partial charge in [-0.2, -0.15) is 0 Å². The number of hydrogen-bond acceptors (Lipinski definition) is 3. The standard InChI is InChI=1S/C16H15NO2S/c1-11-5-6-12(2)14(10-11)17-16(19)15-13(4-3-8-18)7-9-20-15/h5-7,9-10,18H,8H2,1-2H3,(H,17,19). The monoisotopic (exact) mass is 285 g/mol. The van der Waals surface area contributed by atoms with Crippen LogP contribution in [0.3, 0.4) is 0 Å². The van der Waals surface area contributed by atoms with Gasteiger partial charge in [0.05, 0.1) is 0 Å². The lowest BCUT2D eigenvalue weighted by molar-refractivity contribution is 0.103. The molecule has 0 fully saturated rings. The quantitative estimate of drug-likeness (QED) is 0.833. The van der Waals surface area contributed by atoms with Crippen LogP contribution < -0.4 is 5.32 Å². The van der Waals surface area contributed by atoms with E-state index in [0.29, 0.717) is 10.4 Å². The summed E-state index contributed by atoms with van der Waals surface area (Å²) in [5.74, 6) is 5.18. The highest BCUT2D eigenvalue weighted by Gasteiger charge is 2.13. The van der Waals surface area contributed by atoms with Crippen LogP contribution in [-0.4, -0.2) is 17.6 Å². The van der Waals surface area contributed by atoms with Crippen molar-refractivity contribution in [3.63, 3.8) is 0 Å². The first-order valence-electron chi connectivity index (χ1n) is 6.17. The Hall–Kier alpha value is -2.09. The van der Waals surface area contributed by atoms with E-state index in [1.807, 2.05) is 37.4 Å². The van der Waals surface area contributed by atoms with Crippen LogP contribution in [0.4, 0.5) is 5.69 Å². The summed E-state index contributed by atoms with van der Waals surface area (Å²) in [6.45, 7) is 3.72. The fourth-order valence-electron chi connectivity index (χ4n) is 1.77. The molecule has 0 saturated heterocycles. The Bertz CT molecular complexity index is 692. The zero-order valence-corrected chi connectivity index (χ0v) is 12.2. The number of aryl methyl sites for hydroxylation is 2. The highest BCUT2D eigenvalue weighted by Crippen LogP contribution is 2.21. The van der Waals surface area contributed by atoms with Gasteiger partial charge in [0.1, 0.15) is 11.5 Å². The van der Waals surface area contributed by atoms with E-state index in [-0.39, 0.29) is 12.5 Å². The van der Waals surface area contributed by atoms with E-state index >= 15 is 0 Å². The number of aliphatic hydroxyl groups is 1. The van der Waals surface area contributed by atoms with Crippen LogP contribution in [0.5, 0.6) is 0 Å². The molecule has 0 aliphatic carbocycles. The molecule has 2 aromatic rings. The number of hydrogen-bond donors (Lipinski definition) is 2. The largest absolute Gasteiger partial charge is 0.384 e. The fourth-order valence-corrected chi connectivity index (χ4v) is 2.51. The molecule has 1 aromatic heterocycles. The van der Waals surface area contributed by atoms with Crippen LogP contribution in [0.1, 0.15) is 26.4 Å². The third-order valence-electron chi connectivity index (χ3n) is 2.81. The van der Waals surface area contributed by atoms with E-state index in [1.165, 1.54) is 11.3 Å². The summed E-state index contributed by atoms with van der Waals surface area (Å²) < 4.78 is 0. The maximum atomic E-state index is 12.3. The van der Waals surface area contributed by atoms with Crippen molar-refractivity contribution in [1.82, 2.24) is 0 Å². The number of carbonyl (C=O) groups excluding carboxylic acids is 1. The van der Waals surface area contributed by atoms with E-state index in [2.05, 4.69) is 17.2 Å². The number of aliphatic hydroxyl groups excluding tert-OH is 1. The molecule has 1 aromatic carbocycles. The van der Waals surface area contributed by atoms with Gasteiger partial charge in [0.15, 0.2) is 0 Å². The van der Waals surface area contributed by atoms with Gasteiger partial charge >= 0.3 is 0 Å². The Morgan fingerprint density at radius 2 is 2.15 bits per heavy atom. The van der Waals surface area contributed by atoms with E-state index in [9.17, 15) is 4.79 Å². The maximum Gasteiger partial charge on any atom is 0.267 e. The van der Waals surface area contributed by atoms with Crippen molar-refractivity contribution < 1.29 is 9.90 Å². The average Bonchev–Trinajstić information content (AvgIpc) is 2.89. The molecular weight excluding hydrogens is 270 g/mol. The molecule has 4 heteroatoms. The summed E-state index contributed by atoms with van der Waals surface area (Å²) >= 11 is 1.34. The number of benzene rings is 1. The summed E-state index contributed by atoms with van der Waals surface area (Å²) in [6, 6.07) is 7.71. The highest BCUT2D eigenvalue weighted by molar-refractivity contribution is 7.12. The van der Waals surface area contributed by atoms with Crippen molar-refractivity contribution >= 4 is 22.9 Å². The number of anilines is 1. The molecule has 0 bridgehead atoms. The second-order valence-electron chi connectivity index (χ2n) is 4.40. The van der Waals surface area contributed by atoms with Gasteiger partial charge in [0.2, 0.25) is 0 Å². The number of amides is 1. The summed E-state index contributed by atoms with van der Waals surface area (Å²) in [5, 5.41) is 13.5. The second kappa shape index (κ2) is 6.38. The van der Waals surface area contributed by atoms with Crippen molar-refractivity contribution in [3.8, 4) is 11.8 Å². The van der Waals surface area contributed by atoms with E-state index in [0.717, 1.165) is 16.8 Å². The first kappa shape index (κ1) is 14.3. The predicted molar refractivity (Wildman–Crippen MR) is 82.2 cm³/mol. The molecule has 0 atom stereocenters. The molecule has 0 saturated carbocycles. The third-order valence-corrected chi connectivity index (χ3v) is 3.73. The first-order chi connectivity index (χ1) is 9.61. The van der Waals surface area contributed by atoms with Crippen LogP contribution in [-0.2, 0) is 0 Å². The summed E-state index contributed by atoms with van der Waals surface area (Å²) in [4.78, 5) is 12.9. The summed E-state index contributed by atoms with van der Waals surface area (Å²) in [7, 11) is 0. The number of nitrogens with one attached hydrogen (secondary N) is 1. The van der Waals surface area contributed by atoms with E-state index < -0.39 is 0 Å². The third kappa shape index (κ3) is 3.27. The van der Waals surface area contributed by atoms with Crippen molar-refractivity contribution in [2.45, 2.75) is 13.8 Å². The van der Waals surface area contributed by atoms with Crippen LogP contribution in [0, 0.1) is 25.7 Å². The van der Waals surface area contributed by atoms with Gasteiger partial charge in [-0.05, 0) is 42.5 Å². The van der Waals surface area contributed by atoms with Crippen molar-refractivity contribution in [2.24, 2.45) is 0 Å². The van der Waals surface area contributed by atoms with Gasteiger partial charge < -0.3 is 10.4 Å². The minimum atomic E-state index is -0.214. The number of thiophene rings is 1. The Balaban J connectivity index is 2.24. The highest BCUT2D eigenvalue weighted by atomic mass is 32.1. The van der Waals surface area contributed by atoms with Gasteiger partial charge in [-0.1, -0.05) is 24.0 Å². The molecule has 0 radical (unpaired) electrons. The van der Waals surface area contributed by atoms with Gasteiger partial charge in [0, 0.05) is 11.3 Å². The first-order valence-corrected chi connectivity index (χ1v) is 7.05. The Morgan fingerprint density at radius 3 is 2.90 bits per heavy atom. The molecular formula is C16H15NO2S. The lowest BCUT2D eigenvalue weighted by atomic mass is 10.1. The molecule has 102 valence electrons. The molecule has 0 spiro atoms. The Morgan fingerprint density at radius 1 is 1.35 bits per heavy atom. The summed E-state index contributed by atoms with van der Waals surface area (Å²) in [6.07, 6.45) is 0. The minimum absolute atomic E-state index is 0.170. The van der Waals surface area contributed by atoms with Crippen LogP contribution in [0.25, 0.3) is 0 Å². The fraction of sp³-hybridized carbons (Fsp3) is 0.188. The molecule has 0 aliphatic rings. The lowest BCUT2D eigenvalue weighted by Gasteiger charge is -2.08. The van der Waals surface area contributed by atoms with Gasteiger partial charge in [-0.3, -0.25) is 4.79 Å². The van der Waals surface area contributed by atoms with Crippen LogP contribution in [0.2, 0.25) is 0 Å². The molecule has 0 unspecified atom stereocenters. The minimum Gasteiger partial charge on any atom is -0.384 e. The topological polar surface area (TPSA) is 49.3 Å². The zero-order valence-electron chi connectivity index (χ0n) is 11.4. The maximum absolute atomic E-state index is 12.3. The van der Waals surface area contributed by atoms with E-state index in [4.69, 9.17) is 5.11 Å². The molecule has 2 rings (SSSR count). The smallest absolute Gasteiger partial charge is 0.267 e. The van der Waals surface area contributed by atoms with Gasteiger partial charge in [-0.15, -0.1) is 11.3 Å². The van der Waals surface area contributed by atoms with E-state index in [1.54, 1.807) is 6.07 Å². The van der Waals surface area contributed by atoms with Gasteiger partial charge in [-0.25, -0.2) is 0 Å².